The molecule has 14 heteroatoms. The van der Waals surface area contributed by atoms with E-state index in [0.717, 1.165) is 12.3 Å². The lowest BCUT2D eigenvalue weighted by molar-refractivity contribution is -0.145. The Kier molecular flexibility index (Phi) is 6.33. The van der Waals surface area contributed by atoms with Gasteiger partial charge in [-0.1, -0.05) is 11.6 Å². The number of aromatic nitrogens is 4. The van der Waals surface area contributed by atoms with Gasteiger partial charge in [0.1, 0.15) is 6.07 Å². The van der Waals surface area contributed by atoms with Crippen molar-refractivity contribution in [2.45, 2.75) is 25.3 Å². The average molecular weight is 489 g/mol. The molecule has 3 aromatic rings. The summed E-state index contributed by atoms with van der Waals surface area (Å²) in [5.41, 5.74) is -1.49. The number of alkyl halides is 6. The van der Waals surface area contributed by atoms with Gasteiger partial charge in [-0.25, -0.2) is 9.97 Å². The van der Waals surface area contributed by atoms with Crippen LogP contribution in [0.5, 0.6) is 0 Å². The fraction of sp³-hybridized carbons (Fsp3) is 0.211. The van der Waals surface area contributed by atoms with E-state index in [2.05, 4.69) is 20.4 Å². The van der Waals surface area contributed by atoms with Crippen molar-refractivity contribution in [3.63, 3.8) is 0 Å². The second-order valence-corrected chi connectivity index (χ2v) is 7.08. The molecule has 3 rings (SSSR count). The molecule has 2 aromatic heterocycles. The van der Waals surface area contributed by atoms with Crippen LogP contribution >= 0.6 is 11.6 Å². The molecule has 0 bridgehead atoms. The normalized spacial score (nSPS) is 12.8. The number of hydrogen-bond acceptors (Lipinski definition) is 5. The molecule has 0 saturated carbocycles. The summed E-state index contributed by atoms with van der Waals surface area (Å²) in [6, 6.07) is 5.23. The summed E-state index contributed by atoms with van der Waals surface area (Å²) in [6.45, 7) is 1.26. The van der Waals surface area contributed by atoms with E-state index in [-0.39, 0.29) is 16.4 Å². The first kappa shape index (κ1) is 24.0. The van der Waals surface area contributed by atoms with E-state index in [1.807, 2.05) is 0 Å². The largest absolute Gasteiger partial charge is 0.453 e. The molecule has 0 saturated heterocycles. The molecule has 33 heavy (non-hydrogen) atoms. The second kappa shape index (κ2) is 8.70. The third kappa shape index (κ3) is 5.40. The van der Waals surface area contributed by atoms with Crippen LogP contribution in [0.25, 0.3) is 5.82 Å². The van der Waals surface area contributed by atoms with Crippen molar-refractivity contribution >= 4 is 17.5 Å². The van der Waals surface area contributed by atoms with E-state index >= 15 is 0 Å². The van der Waals surface area contributed by atoms with Crippen LogP contribution < -0.4 is 5.32 Å². The zero-order valence-electron chi connectivity index (χ0n) is 16.3. The van der Waals surface area contributed by atoms with Gasteiger partial charge in [-0.15, -0.1) is 5.10 Å². The zero-order valence-corrected chi connectivity index (χ0v) is 17.1. The van der Waals surface area contributed by atoms with Crippen LogP contribution in [-0.4, -0.2) is 25.7 Å². The van der Waals surface area contributed by atoms with E-state index in [1.165, 1.54) is 19.1 Å². The van der Waals surface area contributed by atoms with Crippen LogP contribution in [0.4, 0.5) is 26.3 Å². The number of nitrogens with zero attached hydrogens (tertiary/aromatic N) is 5. The van der Waals surface area contributed by atoms with Crippen LogP contribution in [0.15, 0.2) is 36.5 Å². The molecule has 0 aliphatic rings. The summed E-state index contributed by atoms with van der Waals surface area (Å²) in [5.74, 6) is -3.08. The van der Waals surface area contributed by atoms with Crippen molar-refractivity contribution in [3.05, 3.63) is 69.9 Å². The Morgan fingerprint density at radius 1 is 1.15 bits per heavy atom. The van der Waals surface area contributed by atoms with Gasteiger partial charge in [0.2, 0.25) is 0 Å². The number of rotatable bonds is 4. The summed E-state index contributed by atoms with van der Waals surface area (Å²) in [4.78, 5) is 19.8. The van der Waals surface area contributed by atoms with E-state index in [4.69, 9.17) is 16.9 Å². The summed E-state index contributed by atoms with van der Waals surface area (Å²) in [6.07, 6.45) is -8.60. The quantitative estimate of drug-likeness (QED) is 0.536. The maximum absolute atomic E-state index is 13.2. The SMILES string of the molecule is C[C@H](NC(=O)c1cc(Cl)cc(C(F)(F)F)c1)c1nc(C(F)(F)F)nn1-c1ccc(C#N)cn1. The van der Waals surface area contributed by atoms with E-state index in [0.29, 0.717) is 16.8 Å². The first-order valence-electron chi connectivity index (χ1n) is 8.89. The van der Waals surface area contributed by atoms with Crippen molar-refractivity contribution < 1.29 is 31.1 Å². The molecule has 172 valence electrons. The third-order valence-electron chi connectivity index (χ3n) is 4.20. The molecule has 1 amide bonds. The predicted octanol–water partition coefficient (Wildman–Crippen LogP) is 4.72. The Morgan fingerprint density at radius 2 is 1.85 bits per heavy atom. The average Bonchev–Trinajstić information content (AvgIpc) is 3.19. The van der Waals surface area contributed by atoms with Crippen LogP contribution in [-0.2, 0) is 12.4 Å². The highest BCUT2D eigenvalue weighted by molar-refractivity contribution is 6.31. The van der Waals surface area contributed by atoms with Crippen molar-refractivity contribution in [3.8, 4) is 11.9 Å². The van der Waals surface area contributed by atoms with Gasteiger partial charge in [0.25, 0.3) is 11.7 Å². The van der Waals surface area contributed by atoms with Crippen LogP contribution in [0.2, 0.25) is 5.02 Å². The lowest BCUT2D eigenvalue weighted by Crippen LogP contribution is -2.29. The third-order valence-corrected chi connectivity index (χ3v) is 4.42. The van der Waals surface area contributed by atoms with Crippen molar-refractivity contribution in [1.82, 2.24) is 25.1 Å². The molecule has 0 unspecified atom stereocenters. The maximum Gasteiger partial charge on any atom is 0.453 e. The molecule has 0 spiro atoms. The topological polar surface area (TPSA) is 96.5 Å². The summed E-state index contributed by atoms with van der Waals surface area (Å²) < 4.78 is 79.3. The molecule has 0 fully saturated rings. The van der Waals surface area contributed by atoms with E-state index < -0.39 is 47.1 Å². The van der Waals surface area contributed by atoms with E-state index in [9.17, 15) is 31.1 Å². The van der Waals surface area contributed by atoms with Gasteiger partial charge in [0.05, 0.1) is 17.2 Å². The Morgan fingerprint density at radius 3 is 2.39 bits per heavy atom. The lowest BCUT2D eigenvalue weighted by Gasteiger charge is -2.15. The predicted molar refractivity (Wildman–Crippen MR) is 101 cm³/mol. The number of amides is 1. The Hall–Kier alpha value is -3.66. The van der Waals surface area contributed by atoms with Gasteiger partial charge in [-0.2, -0.15) is 36.3 Å². The summed E-state index contributed by atoms with van der Waals surface area (Å²) >= 11 is 5.67. The highest BCUT2D eigenvalue weighted by Crippen LogP contribution is 2.32. The molecule has 0 aliphatic heterocycles. The minimum absolute atomic E-state index is 0.129. The van der Waals surface area contributed by atoms with Gasteiger partial charge >= 0.3 is 12.4 Å². The number of benzene rings is 1. The van der Waals surface area contributed by atoms with Gasteiger partial charge < -0.3 is 5.32 Å². The lowest BCUT2D eigenvalue weighted by atomic mass is 10.1. The number of nitrogens with one attached hydrogen (secondary N) is 1. The minimum Gasteiger partial charge on any atom is -0.342 e. The first-order chi connectivity index (χ1) is 15.3. The first-order valence-corrected chi connectivity index (χ1v) is 9.26. The highest BCUT2D eigenvalue weighted by Gasteiger charge is 2.38. The van der Waals surface area contributed by atoms with Crippen molar-refractivity contribution in [2.24, 2.45) is 0 Å². The summed E-state index contributed by atoms with van der Waals surface area (Å²) in [5, 5.41) is 14.2. The molecule has 1 aromatic carbocycles. The van der Waals surface area contributed by atoms with Crippen molar-refractivity contribution in [1.29, 1.82) is 5.26 Å². The van der Waals surface area contributed by atoms with Crippen LogP contribution in [0.3, 0.4) is 0 Å². The number of nitriles is 1. The van der Waals surface area contributed by atoms with Gasteiger partial charge in [-0.05, 0) is 37.3 Å². The van der Waals surface area contributed by atoms with Gasteiger partial charge in [-0.3, -0.25) is 4.79 Å². The fourth-order valence-electron chi connectivity index (χ4n) is 2.70. The number of hydrogen-bond donors (Lipinski definition) is 1. The minimum atomic E-state index is -4.93. The highest BCUT2D eigenvalue weighted by atomic mass is 35.5. The molecule has 7 nitrogen and oxygen atoms in total. The fourth-order valence-corrected chi connectivity index (χ4v) is 2.93. The Labute approximate surface area is 186 Å². The molecule has 0 radical (unpaired) electrons. The number of carbonyl (C=O) groups excluding carboxylic acids is 1. The number of pyridine rings is 1. The van der Waals surface area contributed by atoms with E-state index in [1.54, 1.807) is 6.07 Å². The second-order valence-electron chi connectivity index (χ2n) is 6.64. The molecule has 2 heterocycles. The smallest absolute Gasteiger partial charge is 0.342 e. The molecule has 1 atom stereocenters. The van der Waals surface area contributed by atoms with Gasteiger partial charge in [0, 0.05) is 16.8 Å². The number of carbonyl (C=O) groups is 1. The Balaban J connectivity index is 1.97. The van der Waals surface area contributed by atoms with Crippen molar-refractivity contribution in [2.75, 3.05) is 0 Å². The molecule has 0 aliphatic carbocycles. The molecule has 1 N–H and O–H groups in total. The molecular weight excluding hydrogens is 478 g/mol. The monoisotopic (exact) mass is 488 g/mol. The van der Waals surface area contributed by atoms with Gasteiger partial charge in [0.15, 0.2) is 11.6 Å². The standard InChI is InChI=1S/C19H11ClF6N6O/c1-9(29-16(33)11-4-12(18(21,22)23)6-13(20)5-11)15-30-17(19(24,25)26)31-32(15)14-3-2-10(7-27)8-28-14/h2-6,8-9H,1H3,(H,29,33)/t9-/m0/s1. The van der Waals surface area contributed by atoms with Crippen LogP contribution in [0.1, 0.15) is 46.1 Å². The zero-order chi connectivity index (χ0) is 24.6. The number of halogens is 7. The van der Waals surface area contributed by atoms with Crippen LogP contribution in [0, 0.1) is 11.3 Å². The Bertz CT molecular complexity index is 1230. The molecular formula is C19H11ClF6N6O. The maximum atomic E-state index is 13.2. The summed E-state index contributed by atoms with van der Waals surface area (Å²) in [7, 11) is 0.